The molecule has 0 aromatic carbocycles. The summed E-state index contributed by atoms with van der Waals surface area (Å²) in [4.78, 5) is 26.4. The minimum atomic E-state index is -0.126. The van der Waals surface area contributed by atoms with Gasteiger partial charge in [0.1, 0.15) is 10.7 Å². The predicted octanol–water partition coefficient (Wildman–Crippen LogP) is 3.69. The maximum absolute atomic E-state index is 12.9. The molecular formula is C22H34N4O2S. The Bertz CT molecular complexity index is 885. The minimum absolute atomic E-state index is 0.0372. The van der Waals surface area contributed by atoms with Gasteiger partial charge in [-0.2, -0.15) is 0 Å². The topological polar surface area (TPSA) is 67.4 Å². The van der Waals surface area contributed by atoms with Crippen molar-refractivity contribution in [3.63, 3.8) is 0 Å². The van der Waals surface area contributed by atoms with Crippen LogP contribution < -0.4 is 5.32 Å². The first-order valence-corrected chi connectivity index (χ1v) is 11.3. The second-order valence-electron chi connectivity index (χ2n) is 9.48. The Morgan fingerprint density at radius 1 is 1.31 bits per heavy atom. The van der Waals surface area contributed by atoms with Crippen molar-refractivity contribution in [2.24, 2.45) is 5.92 Å². The van der Waals surface area contributed by atoms with Crippen LogP contribution in [-0.2, 0) is 10.2 Å². The minimum Gasteiger partial charge on any atom is -0.374 e. The molecule has 29 heavy (non-hydrogen) atoms. The average Bonchev–Trinajstić information content (AvgIpc) is 2.96. The molecule has 3 rings (SSSR count). The summed E-state index contributed by atoms with van der Waals surface area (Å²) < 4.78 is 5.86. The molecule has 6 nitrogen and oxygen atoms in total. The number of aryl methyl sites for hydroxylation is 2. The van der Waals surface area contributed by atoms with Gasteiger partial charge in [0.15, 0.2) is 0 Å². The van der Waals surface area contributed by atoms with Gasteiger partial charge < -0.3 is 10.1 Å². The van der Waals surface area contributed by atoms with Crippen molar-refractivity contribution in [2.75, 3.05) is 32.8 Å². The fourth-order valence-electron chi connectivity index (χ4n) is 3.76. The smallest absolute Gasteiger partial charge is 0.261 e. The zero-order chi connectivity index (χ0) is 21.3. The molecule has 1 aliphatic rings. The largest absolute Gasteiger partial charge is 0.374 e. The molecule has 160 valence electrons. The Morgan fingerprint density at radius 3 is 2.69 bits per heavy atom. The highest BCUT2D eigenvalue weighted by molar-refractivity contribution is 7.20. The summed E-state index contributed by atoms with van der Waals surface area (Å²) in [6.07, 6.45) is 0.0372. The Kier molecular flexibility index (Phi) is 6.61. The molecule has 1 N–H and O–H groups in total. The van der Waals surface area contributed by atoms with Gasteiger partial charge in [0.25, 0.3) is 5.91 Å². The van der Waals surface area contributed by atoms with Crippen LogP contribution in [0.4, 0.5) is 0 Å². The molecule has 0 bridgehead atoms. The van der Waals surface area contributed by atoms with Crippen molar-refractivity contribution in [1.29, 1.82) is 0 Å². The standard InChI is InChI=1S/C22H34N4O2S/c1-13(2)11-26-8-9-28-16(12-26)10-23-19(27)18-14(3)17-15(4)24-21(22(5,6)7)25-20(17)29-18/h13,16H,8-12H2,1-7H3,(H,23,27). The predicted molar refractivity (Wildman–Crippen MR) is 119 cm³/mol. The van der Waals surface area contributed by atoms with Crippen molar-refractivity contribution in [1.82, 2.24) is 20.2 Å². The van der Waals surface area contributed by atoms with Crippen LogP contribution in [0, 0.1) is 19.8 Å². The van der Waals surface area contributed by atoms with Crippen LogP contribution in [0.1, 0.15) is 61.4 Å². The number of nitrogens with zero attached hydrogens (tertiary/aromatic N) is 3. The first-order chi connectivity index (χ1) is 13.6. The normalized spacial score (nSPS) is 18.6. The molecule has 2 aromatic heterocycles. The maximum Gasteiger partial charge on any atom is 0.261 e. The number of nitrogens with one attached hydrogen (secondary N) is 1. The van der Waals surface area contributed by atoms with E-state index in [1.54, 1.807) is 0 Å². The van der Waals surface area contributed by atoms with E-state index in [0.717, 1.165) is 58.4 Å². The molecule has 1 atom stereocenters. The fourth-order valence-corrected chi connectivity index (χ4v) is 4.91. The number of hydrogen-bond acceptors (Lipinski definition) is 6. The van der Waals surface area contributed by atoms with E-state index in [-0.39, 0.29) is 17.4 Å². The molecule has 0 aliphatic carbocycles. The highest BCUT2D eigenvalue weighted by Crippen LogP contribution is 2.33. The van der Waals surface area contributed by atoms with Crippen LogP contribution >= 0.6 is 11.3 Å². The third-order valence-electron chi connectivity index (χ3n) is 5.18. The quantitative estimate of drug-likeness (QED) is 0.802. The number of carbonyl (C=O) groups excluding carboxylic acids is 1. The van der Waals surface area contributed by atoms with Crippen molar-refractivity contribution in [3.05, 3.63) is 22.0 Å². The number of fused-ring (bicyclic) bond motifs is 1. The molecule has 1 amide bonds. The third kappa shape index (κ3) is 5.13. The SMILES string of the molecule is Cc1nc(C(C)(C)C)nc2sc(C(=O)NCC3CN(CC(C)C)CCO3)c(C)c12. The van der Waals surface area contributed by atoms with Crippen molar-refractivity contribution in [3.8, 4) is 0 Å². The van der Waals surface area contributed by atoms with Crippen LogP contribution in [0.2, 0.25) is 0 Å². The van der Waals surface area contributed by atoms with Gasteiger partial charge in [-0.3, -0.25) is 9.69 Å². The van der Waals surface area contributed by atoms with Crippen molar-refractivity contribution < 1.29 is 9.53 Å². The molecule has 1 saturated heterocycles. The number of amides is 1. The van der Waals surface area contributed by atoms with E-state index in [9.17, 15) is 4.79 Å². The van der Waals surface area contributed by atoms with Gasteiger partial charge in [-0.25, -0.2) is 9.97 Å². The Hall–Kier alpha value is -1.57. The number of thiophene rings is 1. The van der Waals surface area contributed by atoms with E-state index in [1.807, 2.05) is 13.8 Å². The summed E-state index contributed by atoms with van der Waals surface area (Å²) in [5.41, 5.74) is 1.78. The lowest BCUT2D eigenvalue weighted by molar-refractivity contribution is -0.0295. The number of aromatic nitrogens is 2. The zero-order valence-electron chi connectivity index (χ0n) is 18.8. The van der Waals surface area contributed by atoms with Crippen molar-refractivity contribution >= 4 is 27.5 Å². The van der Waals surface area contributed by atoms with E-state index >= 15 is 0 Å². The fraction of sp³-hybridized carbons (Fsp3) is 0.682. The molecule has 1 aliphatic heterocycles. The molecule has 0 spiro atoms. The highest BCUT2D eigenvalue weighted by atomic mass is 32.1. The van der Waals surface area contributed by atoms with E-state index in [4.69, 9.17) is 14.7 Å². The molecule has 0 radical (unpaired) electrons. The van der Waals surface area contributed by atoms with Gasteiger partial charge in [-0.15, -0.1) is 11.3 Å². The van der Waals surface area contributed by atoms with E-state index in [2.05, 4.69) is 44.8 Å². The number of hydrogen-bond donors (Lipinski definition) is 1. The zero-order valence-corrected chi connectivity index (χ0v) is 19.6. The third-order valence-corrected chi connectivity index (χ3v) is 6.37. The van der Waals surface area contributed by atoms with Gasteiger partial charge in [0.05, 0.1) is 23.3 Å². The monoisotopic (exact) mass is 418 g/mol. The molecular weight excluding hydrogens is 384 g/mol. The van der Waals surface area contributed by atoms with Crippen molar-refractivity contribution in [2.45, 2.75) is 60.0 Å². The van der Waals surface area contributed by atoms with Gasteiger partial charge >= 0.3 is 0 Å². The molecule has 1 unspecified atom stereocenters. The summed E-state index contributed by atoms with van der Waals surface area (Å²) in [7, 11) is 0. The summed E-state index contributed by atoms with van der Waals surface area (Å²) in [6, 6.07) is 0. The lowest BCUT2D eigenvalue weighted by Gasteiger charge is -2.33. The Morgan fingerprint density at radius 2 is 2.03 bits per heavy atom. The highest BCUT2D eigenvalue weighted by Gasteiger charge is 2.25. The first-order valence-electron chi connectivity index (χ1n) is 10.5. The summed E-state index contributed by atoms with van der Waals surface area (Å²) in [5, 5.41) is 4.09. The van der Waals surface area contributed by atoms with Crippen LogP contribution in [0.15, 0.2) is 0 Å². The Labute approximate surface area is 178 Å². The van der Waals surface area contributed by atoms with Crippen LogP contribution in [0.5, 0.6) is 0 Å². The van der Waals surface area contributed by atoms with Gasteiger partial charge in [-0.1, -0.05) is 34.6 Å². The summed E-state index contributed by atoms with van der Waals surface area (Å²) in [6.45, 7) is 18.9. The van der Waals surface area contributed by atoms with Gasteiger partial charge in [0, 0.05) is 37.0 Å². The maximum atomic E-state index is 12.9. The van der Waals surface area contributed by atoms with Gasteiger partial charge in [0.2, 0.25) is 0 Å². The summed E-state index contributed by atoms with van der Waals surface area (Å²) in [5.74, 6) is 1.40. The first kappa shape index (κ1) is 22.1. The molecule has 3 heterocycles. The second kappa shape index (κ2) is 8.66. The van der Waals surface area contributed by atoms with Crippen LogP contribution in [0.25, 0.3) is 10.2 Å². The lowest BCUT2D eigenvalue weighted by atomic mass is 9.95. The van der Waals surface area contributed by atoms with E-state index in [0.29, 0.717) is 12.5 Å². The molecule has 2 aromatic rings. The number of ether oxygens (including phenoxy) is 1. The number of rotatable bonds is 5. The molecule has 0 saturated carbocycles. The second-order valence-corrected chi connectivity index (χ2v) is 10.5. The number of carbonyl (C=O) groups is 1. The number of morpholine rings is 1. The molecule has 1 fully saturated rings. The van der Waals surface area contributed by atoms with Crippen LogP contribution in [0.3, 0.4) is 0 Å². The van der Waals surface area contributed by atoms with Crippen LogP contribution in [-0.4, -0.2) is 59.7 Å². The summed E-state index contributed by atoms with van der Waals surface area (Å²) >= 11 is 1.46. The van der Waals surface area contributed by atoms with E-state index in [1.165, 1.54) is 11.3 Å². The van der Waals surface area contributed by atoms with E-state index < -0.39 is 0 Å². The Balaban J connectivity index is 1.72. The van der Waals surface area contributed by atoms with Gasteiger partial charge in [-0.05, 0) is 25.3 Å². The lowest BCUT2D eigenvalue weighted by Crippen LogP contribution is -2.48. The molecule has 7 heteroatoms. The average molecular weight is 419 g/mol.